The van der Waals surface area contributed by atoms with Crippen molar-refractivity contribution in [3.05, 3.63) is 50.2 Å². The molecule has 0 saturated carbocycles. The Morgan fingerprint density at radius 3 is 2.50 bits per heavy atom. The first kappa shape index (κ1) is 14.3. The molecule has 0 amide bonds. The number of nitrogens with one attached hydrogen (secondary N) is 2. The highest BCUT2D eigenvalue weighted by Crippen LogP contribution is 2.25. The Hall–Kier alpha value is -2.08. The maximum Gasteiger partial charge on any atom is 0.273 e. The van der Waals surface area contributed by atoms with Gasteiger partial charge in [-0.25, -0.2) is 0 Å². The van der Waals surface area contributed by atoms with E-state index in [-0.39, 0.29) is 10.6 Å². The fourth-order valence-electron chi connectivity index (χ4n) is 1.89. The molecular weight excluding hydrogens is 274 g/mol. The molecule has 0 radical (unpaired) electrons. The lowest BCUT2D eigenvalue weighted by molar-refractivity contribution is -0.384. The van der Waals surface area contributed by atoms with Crippen LogP contribution in [0, 0.1) is 17.0 Å². The van der Waals surface area contributed by atoms with Gasteiger partial charge in [0.15, 0.2) is 0 Å². The molecule has 0 fully saturated rings. The van der Waals surface area contributed by atoms with Gasteiger partial charge in [-0.1, -0.05) is 0 Å². The summed E-state index contributed by atoms with van der Waals surface area (Å²) in [5, 5.41) is 19.3. The number of benzene rings is 1. The summed E-state index contributed by atoms with van der Waals surface area (Å²) in [6.45, 7) is 5.42. The Morgan fingerprint density at radius 1 is 1.25 bits per heavy atom. The largest absolute Gasteiger partial charge is 0.385 e. The van der Waals surface area contributed by atoms with Gasteiger partial charge in [0.25, 0.3) is 5.69 Å². The van der Waals surface area contributed by atoms with Gasteiger partial charge in [-0.2, -0.15) is 0 Å². The van der Waals surface area contributed by atoms with Crippen LogP contribution in [0.25, 0.3) is 0 Å². The Morgan fingerprint density at radius 2 is 1.95 bits per heavy atom. The van der Waals surface area contributed by atoms with Gasteiger partial charge in [0.2, 0.25) is 0 Å². The SMILES string of the molecule is CCNc1cc(NCc2sccc2C)cc([N+](=O)[O-])c1. The molecule has 0 spiro atoms. The predicted molar refractivity (Wildman–Crippen MR) is 83.6 cm³/mol. The van der Waals surface area contributed by atoms with Crippen LogP contribution in [0.2, 0.25) is 0 Å². The average molecular weight is 291 g/mol. The Kier molecular flexibility index (Phi) is 4.57. The van der Waals surface area contributed by atoms with Crippen molar-refractivity contribution in [2.24, 2.45) is 0 Å². The highest BCUT2D eigenvalue weighted by atomic mass is 32.1. The molecule has 0 atom stereocenters. The summed E-state index contributed by atoms with van der Waals surface area (Å²) in [5.74, 6) is 0. The molecule has 1 aromatic carbocycles. The molecule has 106 valence electrons. The highest BCUT2D eigenvalue weighted by Gasteiger charge is 2.10. The number of hydrogen-bond donors (Lipinski definition) is 2. The van der Waals surface area contributed by atoms with Gasteiger partial charge >= 0.3 is 0 Å². The molecule has 0 aliphatic heterocycles. The van der Waals surface area contributed by atoms with E-state index in [4.69, 9.17) is 0 Å². The van der Waals surface area contributed by atoms with Crippen LogP contribution in [0.3, 0.4) is 0 Å². The molecule has 0 bridgehead atoms. The molecule has 1 heterocycles. The molecule has 0 aliphatic carbocycles. The third-order valence-corrected chi connectivity index (χ3v) is 3.95. The second-order valence-corrected chi connectivity index (χ2v) is 5.44. The van der Waals surface area contributed by atoms with Gasteiger partial charge in [0.1, 0.15) is 0 Å². The first-order valence-electron chi connectivity index (χ1n) is 6.40. The average Bonchev–Trinajstić information content (AvgIpc) is 2.82. The van der Waals surface area contributed by atoms with Gasteiger partial charge in [-0.15, -0.1) is 11.3 Å². The molecule has 2 aromatic rings. The maximum atomic E-state index is 10.9. The molecule has 6 heteroatoms. The van der Waals surface area contributed by atoms with Crippen molar-refractivity contribution in [3.8, 4) is 0 Å². The lowest BCUT2D eigenvalue weighted by Gasteiger charge is -2.09. The molecule has 1 aromatic heterocycles. The number of non-ortho nitro benzene ring substituents is 1. The lowest BCUT2D eigenvalue weighted by atomic mass is 10.2. The maximum absolute atomic E-state index is 10.9. The van der Waals surface area contributed by atoms with Crippen LogP contribution in [-0.4, -0.2) is 11.5 Å². The van der Waals surface area contributed by atoms with E-state index < -0.39 is 0 Å². The molecule has 2 N–H and O–H groups in total. The summed E-state index contributed by atoms with van der Waals surface area (Å²) in [6.07, 6.45) is 0. The first-order valence-corrected chi connectivity index (χ1v) is 7.28. The van der Waals surface area contributed by atoms with Crippen molar-refractivity contribution in [2.45, 2.75) is 20.4 Å². The van der Waals surface area contributed by atoms with E-state index in [9.17, 15) is 10.1 Å². The smallest absolute Gasteiger partial charge is 0.273 e. The van der Waals surface area contributed by atoms with Crippen LogP contribution >= 0.6 is 11.3 Å². The molecular formula is C14H17N3O2S. The zero-order valence-corrected chi connectivity index (χ0v) is 12.3. The number of aryl methyl sites for hydroxylation is 1. The molecule has 0 aliphatic rings. The molecule has 0 saturated heterocycles. The minimum absolute atomic E-state index is 0.0915. The van der Waals surface area contributed by atoms with Crippen molar-refractivity contribution >= 4 is 28.4 Å². The fraction of sp³-hybridized carbons (Fsp3) is 0.286. The van der Waals surface area contributed by atoms with Crippen LogP contribution in [0.15, 0.2) is 29.6 Å². The van der Waals surface area contributed by atoms with Crippen molar-refractivity contribution < 1.29 is 4.92 Å². The Bertz CT molecular complexity index is 610. The summed E-state index contributed by atoms with van der Waals surface area (Å²) < 4.78 is 0. The second-order valence-electron chi connectivity index (χ2n) is 4.44. The summed E-state index contributed by atoms with van der Waals surface area (Å²) in [7, 11) is 0. The highest BCUT2D eigenvalue weighted by molar-refractivity contribution is 7.10. The Labute approximate surface area is 121 Å². The van der Waals surface area contributed by atoms with Crippen molar-refractivity contribution in [1.82, 2.24) is 0 Å². The first-order chi connectivity index (χ1) is 9.60. The standard InChI is InChI=1S/C14H17N3O2S/c1-3-15-11-6-12(8-13(7-11)17(18)19)16-9-14-10(2)4-5-20-14/h4-8,15-16H,3,9H2,1-2H3. The molecule has 2 rings (SSSR count). The van der Waals surface area contributed by atoms with Crippen LogP contribution in [0.5, 0.6) is 0 Å². The van der Waals surface area contributed by atoms with E-state index in [0.29, 0.717) is 6.54 Å². The van der Waals surface area contributed by atoms with Gasteiger partial charge in [-0.3, -0.25) is 10.1 Å². The van der Waals surface area contributed by atoms with Crippen LogP contribution in [0.1, 0.15) is 17.4 Å². The summed E-state index contributed by atoms with van der Waals surface area (Å²) in [4.78, 5) is 11.8. The van der Waals surface area contributed by atoms with E-state index in [0.717, 1.165) is 17.9 Å². The minimum Gasteiger partial charge on any atom is -0.385 e. The third kappa shape index (κ3) is 3.48. The number of rotatable bonds is 6. The minimum atomic E-state index is -0.373. The Balaban J connectivity index is 2.17. The quantitative estimate of drug-likeness (QED) is 0.623. The number of nitro benzene ring substituents is 1. The van der Waals surface area contributed by atoms with E-state index in [1.54, 1.807) is 23.5 Å². The van der Waals surface area contributed by atoms with Crippen molar-refractivity contribution in [1.29, 1.82) is 0 Å². The molecule has 0 unspecified atom stereocenters. The zero-order valence-electron chi connectivity index (χ0n) is 11.5. The third-order valence-electron chi connectivity index (χ3n) is 2.93. The normalized spacial score (nSPS) is 10.3. The van der Waals surface area contributed by atoms with Gasteiger partial charge in [0, 0.05) is 41.5 Å². The van der Waals surface area contributed by atoms with Gasteiger partial charge in [-0.05, 0) is 36.9 Å². The van der Waals surface area contributed by atoms with Crippen LogP contribution in [0.4, 0.5) is 17.1 Å². The number of nitrogens with zero attached hydrogens (tertiary/aromatic N) is 1. The lowest BCUT2D eigenvalue weighted by Crippen LogP contribution is -2.02. The van der Waals surface area contributed by atoms with E-state index in [1.807, 2.05) is 18.4 Å². The topological polar surface area (TPSA) is 67.2 Å². The summed E-state index contributed by atoms with van der Waals surface area (Å²) in [5.41, 5.74) is 2.84. The van der Waals surface area contributed by atoms with Crippen molar-refractivity contribution in [2.75, 3.05) is 17.2 Å². The zero-order chi connectivity index (χ0) is 14.5. The van der Waals surface area contributed by atoms with Crippen LogP contribution in [-0.2, 0) is 6.54 Å². The summed E-state index contributed by atoms with van der Waals surface area (Å²) >= 11 is 1.68. The second kappa shape index (κ2) is 6.38. The number of anilines is 2. The predicted octanol–water partition coefficient (Wildman–Crippen LogP) is 4.01. The molecule has 20 heavy (non-hydrogen) atoms. The van der Waals surface area contributed by atoms with E-state index in [1.165, 1.54) is 10.4 Å². The van der Waals surface area contributed by atoms with Crippen molar-refractivity contribution in [3.63, 3.8) is 0 Å². The van der Waals surface area contributed by atoms with Gasteiger partial charge < -0.3 is 10.6 Å². The fourth-order valence-corrected chi connectivity index (χ4v) is 2.74. The van der Waals surface area contributed by atoms with E-state index >= 15 is 0 Å². The van der Waals surface area contributed by atoms with Crippen LogP contribution < -0.4 is 10.6 Å². The number of thiophene rings is 1. The van der Waals surface area contributed by atoms with Gasteiger partial charge in [0.05, 0.1) is 4.92 Å². The monoisotopic (exact) mass is 291 g/mol. The summed E-state index contributed by atoms with van der Waals surface area (Å²) in [6, 6.07) is 7.06. The molecule has 5 nitrogen and oxygen atoms in total. The number of hydrogen-bond acceptors (Lipinski definition) is 5. The number of nitro groups is 1. The van der Waals surface area contributed by atoms with E-state index in [2.05, 4.69) is 23.6 Å².